The van der Waals surface area contributed by atoms with Gasteiger partial charge in [0.05, 0.1) is 0 Å². The van der Waals surface area contributed by atoms with Crippen LogP contribution >= 0.6 is 0 Å². The number of hydrogen-bond donors (Lipinski definition) is 0. The summed E-state index contributed by atoms with van der Waals surface area (Å²) >= 11 is 0. The van der Waals surface area contributed by atoms with E-state index in [-0.39, 0.29) is 36.1 Å². The number of aromatic nitrogens is 1. The van der Waals surface area contributed by atoms with E-state index < -0.39 is 5.60 Å². The second kappa shape index (κ2) is 10.2. The van der Waals surface area contributed by atoms with Gasteiger partial charge in [0.1, 0.15) is 35.3 Å². The van der Waals surface area contributed by atoms with Gasteiger partial charge in [0.25, 0.3) is 0 Å². The van der Waals surface area contributed by atoms with Crippen molar-refractivity contribution in [2.45, 2.75) is 103 Å². The predicted octanol–water partition coefficient (Wildman–Crippen LogP) is 4.37. The van der Waals surface area contributed by atoms with Crippen LogP contribution < -0.4 is 9.47 Å². The topological polar surface area (TPSA) is 87.9 Å². The van der Waals surface area contributed by atoms with Crippen LogP contribution in [0.15, 0.2) is 12.1 Å². The lowest BCUT2D eigenvalue weighted by Gasteiger charge is -2.42. The largest absolute Gasteiger partial charge is 0.490 e. The number of likely N-dealkylation sites (N-methyl/N-ethyl adjacent to an activating group) is 1. The summed E-state index contributed by atoms with van der Waals surface area (Å²) in [6.07, 6.45) is 3.18. The van der Waals surface area contributed by atoms with Crippen LogP contribution in [0.5, 0.6) is 11.6 Å². The van der Waals surface area contributed by atoms with Gasteiger partial charge >= 0.3 is 6.09 Å². The number of ether oxygens (including phenoxy) is 3. The molecule has 2 aliphatic rings. The van der Waals surface area contributed by atoms with Gasteiger partial charge in [-0.3, -0.25) is 4.90 Å². The van der Waals surface area contributed by atoms with Gasteiger partial charge in [-0.05, 0) is 68.0 Å². The van der Waals surface area contributed by atoms with Gasteiger partial charge in [-0.15, -0.1) is 0 Å². The van der Waals surface area contributed by atoms with E-state index in [1.165, 1.54) is 0 Å². The predicted molar refractivity (Wildman–Crippen MR) is 125 cm³/mol. The minimum absolute atomic E-state index is 0.0282. The molecule has 0 saturated carbocycles. The third kappa shape index (κ3) is 6.50. The second-order valence-electron chi connectivity index (χ2n) is 10.4. The quantitative estimate of drug-likeness (QED) is 0.647. The maximum atomic E-state index is 12.7. The van der Waals surface area contributed by atoms with Gasteiger partial charge in [0, 0.05) is 43.1 Å². The molecule has 182 valence electrons. The Morgan fingerprint density at radius 2 is 1.91 bits per heavy atom. The number of hydrogen-bond acceptors (Lipinski definition) is 7. The molecule has 0 N–H and O–H groups in total. The summed E-state index contributed by atoms with van der Waals surface area (Å²) in [4.78, 5) is 21.1. The SMILES string of the molecule is C[C@H](Oc1cc(OC2C[C@@H](C)N(C(=O)OC(C)(C)C)[C@H](C)C2)cc(C#N)n1)[C@@H]1CCCN1C. The van der Waals surface area contributed by atoms with Crippen LogP contribution in [0.4, 0.5) is 4.79 Å². The normalized spacial score (nSPS) is 27.0. The van der Waals surface area contributed by atoms with Crippen molar-refractivity contribution in [2.75, 3.05) is 13.6 Å². The number of rotatable bonds is 5. The van der Waals surface area contributed by atoms with Gasteiger partial charge in [-0.25, -0.2) is 9.78 Å². The van der Waals surface area contributed by atoms with Crippen molar-refractivity contribution >= 4 is 6.09 Å². The highest BCUT2D eigenvalue weighted by Crippen LogP contribution is 2.30. The lowest BCUT2D eigenvalue weighted by Crippen LogP contribution is -2.53. The average molecular weight is 459 g/mol. The van der Waals surface area contributed by atoms with Crippen molar-refractivity contribution in [3.63, 3.8) is 0 Å². The lowest BCUT2D eigenvalue weighted by atomic mass is 9.95. The molecule has 4 atom stereocenters. The van der Waals surface area contributed by atoms with E-state index in [2.05, 4.69) is 23.0 Å². The summed E-state index contributed by atoms with van der Waals surface area (Å²) in [6.45, 7) is 12.8. The summed E-state index contributed by atoms with van der Waals surface area (Å²) in [7, 11) is 2.11. The van der Waals surface area contributed by atoms with Crippen LogP contribution in [-0.2, 0) is 4.74 Å². The first-order valence-corrected chi connectivity index (χ1v) is 11.9. The second-order valence-corrected chi connectivity index (χ2v) is 10.4. The molecule has 3 heterocycles. The number of amides is 1. The van der Waals surface area contributed by atoms with E-state index in [1.54, 1.807) is 17.0 Å². The van der Waals surface area contributed by atoms with Gasteiger partial charge < -0.3 is 19.1 Å². The van der Waals surface area contributed by atoms with Crippen molar-refractivity contribution in [3.8, 4) is 17.7 Å². The molecule has 3 rings (SSSR count). The maximum absolute atomic E-state index is 12.7. The Bertz CT molecular complexity index is 866. The Kier molecular flexibility index (Phi) is 7.73. The minimum atomic E-state index is -0.532. The minimum Gasteiger partial charge on any atom is -0.490 e. The van der Waals surface area contributed by atoms with Crippen LogP contribution in [0, 0.1) is 11.3 Å². The highest BCUT2D eigenvalue weighted by molar-refractivity contribution is 5.69. The monoisotopic (exact) mass is 458 g/mol. The van der Waals surface area contributed by atoms with Crippen molar-refractivity contribution in [2.24, 2.45) is 0 Å². The molecule has 1 amide bonds. The van der Waals surface area contributed by atoms with E-state index in [1.807, 2.05) is 41.5 Å². The third-order valence-electron chi connectivity index (χ3n) is 6.38. The van der Waals surface area contributed by atoms with E-state index in [0.29, 0.717) is 30.5 Å². The molecule has 2 fully saturated rings. The fourth-order valence-electron chi connectivity index (χ4n) is 4.95. The van der Waals surface area contributed by atoms with Crippen molar-refractivity contribution in [1.82, 2.24) is 14.8 Å². The van der Waals surface area contributed by atoms with E-state index in [0.717, 1.165) is 19.4 Å². The third-order valence-corrected chi connectivity index (χ3v) is 6.38. The first-order valence-electron chi connectivity index (χ1n) is 11.9. The molecule has 0 spiro atoms. The summed E-state index contributed by atoms with van der Waals surface area (Å²) in [5, 5.41) is 9.46. The van der Waals surface area contributed by atoms with Gasteiger partial charge in [0.15, 0.2) is 0 Å². The van der Waals surface area contributed by atoms with E-state index >= 15 is 0 Å². The van der Waals surface area contributed by atoms with Crippen LogP contribution in [-0.4, -0.2) is 70.4 Å². The Hall–Kier alpha value is -2.53. The highest BCUT2D eigenvalue weighted by Gasteiger charge is 2.37. The molecule has 1 aromatic heterocycles. The summed E-state index contributed by atoms with van der Waals surface area (Å²) in [5.41, 5.74) is -0.267. The molecule has 0 aliphatic carbocycles. The van der Waals surface area contributed by atoms with E-state index in [4.69, 9.17) is 14.2 Å². The highest BCUT2D eigenvalue weighted by atomic mass is 16.6. The number of carbonyl (C=O) groups is 1. The fraction of sp³-hybridized carbons (Fsp3) is 0.720. The number of piperidine rings is 1. The molecular formula is C25H38N4O4. The molecule has 2 aliphatic heterocycles. The Labute approximate surface area is 197 Å². The number of nitrogens with zero attached hydrogens (tertiary/aromatic N) is 4. The summed E-state index contributed by atoms with van der Waals surface area (Å²) in [6, 6.07) is 5.80. The summed E-state index contributed by atoms with van der Waals surface area (Å²) < 4.78 is 18.0. The van der Waals surface area contributed by atoms with Gasteiger partial charge in [0.2, 0.25) is 5.88 Å². The number of carbonyl (C=O) groups excluding carboxylic acids is 1. The molecule has 0 radical (unpaired) electrons. The van der Waals surface area contributed by atoms with Crippen LogP contribution in [0.3, 0.4) is 0 Å². The Balaban J connectivity index is 1.67. The molecule has 2 saturated heterocycles. The molecule has 0 aromatic carbocycles. The molecular weight excluding hydrogens is 420 g/mol. The summed E-state index contributed by atoms with van der Waals surface area (Å²) in [5.74, 6) is 0.975. The zero-order chi connectivity index (χ0) is 24.3. The number of likely N-dealkylation sites (tertiary alicyclic amines) is 2. The lowest BCUT2D eigenvalue weighted by molar-refractivity contribution is -0.0179. The molecule has 1 aromatic rings. The Morgan fingerprint density at radius 3 is 2.45 bits per heavy atom. The number of pyridine rings is 1. The van der Waals surface area contributed by atoms with Crippen molar-refractivity contribution < 1.29 is 19.0 Å². The first-order chi connectivity index (χ1) is 15.5. The molecule has 0 bridgehead atoms. The van der Waals surface area contributed by atoms with Crippen LogP contribution in [0.1, 0.15) is 72.9 Å². The fourth-order valence-corrected chi connectivity index (χ4v) is 4.95. The molecule has 8 nitrogen and oxygen atoms in total. The number of nitriles is 1. The van der Waals surface area contributed by atoms with Crippen LogP contribution in [0.2, 0.25) is 0 Å². The van der Waals surface area contributed by atoms with Crippen molar-refractivity contribution in [3.05, 3.63) is 17.8 Å². The molecule has 33 heavy (non-hydrogen) atoms. The zero-order valence-corrected chi connectivity index (χ0v) is 21.0. The molecule has 0 unspecified atom stereocenters. The van der Waals surface area contributed by atoms with Gasteiger partial charge in [-0.2, -0.15) is 5.26 Å². The Morgan fingerprint density at radius 1 is 1.24 bits per heavy atom. The standard InChI is InChI=1S/C25H38N4O4/c1-16-11-20(12-17(2)29(16)24(30)33-25(4,5)6)32-21-13-19(15-26)27-23(14-21)31-18(3)22-9-8-10-28(22)7/h13-14,16-18,20,22H,8-12H2,1-7H3/t16-,17-,18+,22+/m1/s1. The average Bonchev–Trinajstić information content (AvgIpc) is 3.11. The van der Waals surface area contributed by atoms with Gasteiger partial charge in [-0.1, -0.05) is 0 Å². The van der Waals surface area contributed by atoms with E-state index in [9.17, 15) is 10.1 Å². The first kappa shape index (κ1) is 25.1. The maximum Gasteiger partial charge on any atom is 0.410 e. The molecule has 8 heteroatoms. The smallest absolute Gasteiger partial charge is 0.410 e. The van der Waals surface area contributed by atoms with Crippen molar-refractivity contribution in [1.29, 1.82) is 5.26 Å². The van der Waals surface area contributed by atoms with Crippen LogP contribution in [0.25, 0.3) is 0 Å². The zero-order valence-electron chi connectivity index (χ0n) is 21.0.